The number of fused-ring (bicyclic) bond motifs is 1. The summed E-state index contributed by atoms with van der Waals surface area (Å²) in [4.78, 5) is 4.44. The lowest BCUT2D eigenvalue weighted by Crippen LogP contribution is -2.43. The second kappa shape index (κ2) is 4.20. The number of halogens is 1. The molecule has 1 aliphatic rings. The standard InChI is InChI=1S/C12H14ClN3O/c1-17-11-4-2-3-9-12(13)15-10(16(9)11)5-8-6-14-7-8/h2-4,8,14H,5-7H2,1H3. The average Bonchev–Trinajstić information content (AvgIpc) is 2.61. The molecule has 3 heterocycles. The van der Waals surface area contributed by atoms with Crippen molar-refractivity contribution in [1.82, 2.24) is 14.7 Å². The zero-order valence-corrected chi connectivity index (χ0v) is 10.4. The Morgan fingerprint density at radius 2 is 2.35 bits per heavy atom. The molecule has 0 amide bonds. The second-order valence-corrected chi connectivity index (χ2v) is 4.69. The van der Waals surface area contributed by atoms with Gasteiger partial charge in [-0.1, -0.05) is 17.7 Å². The first-order valence-corrected chi connectivity index (χ1v) is 6.08. The van der Waals surface area contributed by atoms with Gasteiger partial charge in [0.05, 0.1) is 12.6 Å². The minimum absolute atomic E-state index is 0.547. The van der Waals surface area contributed by atoms with E-state index in [9.17, 15) is 0 Å². The molecule has 0 spiro atoms. The SMILES string of the molecule is COc1cccc2c(Cl)nc(CC3CNC3)n12. The summed E-state index contributed by atoms with van der Waals surface area (Å²) in [7, 11) is 1.66. The van der Waals surface area contributed by atoms with Crippen molar-refractivity contribution in [2.75, 3.05) is 20.2 Å². The molecule has 1 N–H and O–H groups in total. The predicted octanol–water partition coefficient (Wildman–Crippen LogP) is 1.76. The van der Waals surface area contributed by atoms with Gasteiger partial charge >= 0.3 is 0 Å². The Hall–Kier alpha value is -1.26. The molecule has 2 aromatic heterocycles. The molecule has 1 aliphatic heterocycles. The van der Waals surface area contributed by atoms with Gasteiger partial charge in [0, 0.05) is 6.42 Å². The monoisotopic (exact) mass is 251 g/mol. The normalized spacial score (nSPS) is 16.1. The number of aromatic nitrogens is 2. The lowest BCUT2D eigenvalue weighted by atomic mass is 9.99. The number of ether oxygens (including phenoxy) is 1. The summed E-state index contributed by atoms with van der Waals surface area (Å²) in [5.41, 5.74) is 0.910. The van der Waals surface area contributed by atoms with Gasteiger partial charge in [0.25, 0.3) is 0 Å². The lowest BCUT2D eigenvalue weighted by Gasteiger charge is -2.26. The molecule has 0 aromatic carbocycles. The van der Waals surface area contributed by atoms with Crippen LogP contribution in [0.4, 0.5) is 0 Å². The third-order valence-electron chi connectivity index (χ3n) is 3.20. The number of methoxy groups -OCH3 is 1. The molecular formula is C12H14ClN3O. The van der Waals surface area contributed by atoms with E-state index in [1.54, 1.807) is 7.11 Å². The van der Waals surface area contributed by atoms with Crippen molar-refractivity contribution in [3.05, 3.63) is 29.2 Å². The largest absolute Gasteiger partial charge is 0.482 e. The molecule has 1 fully saturated rings. The Kier molecular flexibility index (Phi) is 2.68. The smallest absolute Gasteiger partial charge is 0.199 e. The molecule has 2 aromatic rings. The fourth-order valence-corrected chi connectivity index (χ4v) is 2.43. The van der Waals surface area contributed by atoms with E-state index in [4.69, 9.17) is 16.3 Å². The van der Waals surface area contributed by atoms with Crippen LogP contribution in [0.5, 0.6) is 5.88 Å². The van der Waals surface area contributed by atoms with Crippen molar-refractivity contribution in [3.63, 3.8) is 0 Å². The fraction of sp³-hybridized carbons (Fsp3) is 0.417. The lowest BCUT2D eigenvalue weighted by molar-refractivity contribution is 0.336. The molecular weight excluding hydrogens is 238 g/mol. The maximum Gasteiger partial charge on any atom is 0.199 e. The number of hydrogen-bond acceptors (Lipinski definition) is 3. The van der Waals surface area contributed by atoms with Crippen LogP contribution in [-0.2, 0) is 6.42 Å². The van der Waals surface area contributed by atoms with Gasteiger partial charge in [-0.2, -0.15) is 0 Å². The number of nitrogens with one attached hydrogen (secondary N) is 1. The van der Waals surface area contributed by atoms with Crippen molar-refractivity contribution in [2.45, 2.75) is 6.42 Å². The fourth-order valence-electron chi connectivity index (χ4n) is 2.18. The summed E-state index contributed by atoms with van der Waals surface area (Å²) in [5.74, 6) is 2.42. The van der Waals surface area contributed by atoms with E-state index in [0.29, 0.717) is 11.1 Å². The Balaban J connectivity index is 2.09. The first kappa shape index (κ1) is 10.9. The number of pyridine rings is 1. The summed E-state index contributed by atoms with van der Waals surface area (Å²) in [5, 5.41) is 3.81. The van der Waals surface area contributed by atoms with Gasteiger partial charge in [0.1, 0.15) is 5.82 Å². The third-order valence-corrected chi connectivity index (χ3v) is 3.48. The van der Waals surface area contributed by atoms with Crippen molar-refractivity contribution >= 4 is 17.1 Å². The minimum Gasteiger partial charge on any atom is -0.482 e. The summed E-state index contributed by atoms with van der Waals surface area (Å²) < 4.78 is 7.36. The first-order chi connectivity index (χ1) is 8.29. The topological polar surface area (TPSA) is 38.6 Å². The third kappa shape index (κ3) is 1.77. The molecule has 3 rings (SSSR count). The van der Waals surface area contributed by atoms with Crippen LogP contribution < -0.4 is 10.1 Å². The van der Waals surface area contributed by atoms with E-state index in [2.05, 4.69) is 10.3 Å². The predicted molar refractivity (Wildman–Crippen MR) is 66.8 cm³/mol. The zero-order valence-electron chi connectivity index (χ0n) is 9.61. The number of rotatable bonds is 3. The van der Waals surface area contributed by atoms with Crippen molar-refractivity contribution in [2.24, 2.45) is 5.92 Å². The Morgan fingerprint density at radius 1 is 1.53 bits per heavy atom. The van der Waals surface area contributed by atoms with E-state index >= 15 is 0 Å². The first-order valence-electron chi connectivity index (χ1n) is 5.70. The summed E-state index contributed by atoms with van der Waals surface area (Å²) in [6.07, 6.45) is 0.932. The molecule has 1 saturated heterocycles. The van der Waals surface area contributed by atoms with Gasteiger partial charge in [-0.15, -0.1) is 0 Å². The van der Waals surface area contributed by atoms with Gasteiger partial charge in [0.2, 0.25) is 0 Å². The van der Waals surface area contributed by atoms with Gasteiger partial charge < -0.3 is 10.1 Å². The van der Waals surface area contributed by atoms with Crippen LogP contribution in [0, 0.1) is 5.92 Å². The van der Waals surface area contributed by atoms with E-state index in [-0.39, 0.29) is 0 Å². The molecule has 90 valence electrons. The molecule has 17 heavy (non-hydrogen) atoms. The van der Waals surface area contributed by atoms with Crippen LogP contribution in [0.25, 0.3) is 5.52 Å². The van der Waals surface area contributed by atoms with E-state index in [1.807, 2.05) is 22.6 Å². The summed E-state index contributed by atoms with van der Waals surface area (Å²) in [6.45, 7) is 2.11. The van der Waals surface area contributed by atoms with Crippen LogP contribution >= 0.6 is 11.6 Å². The van der Waals surface area contributed by atoms with Gasteiger partial charge in [-0.3, -0.25) is 4.40 Å². The zero-order chi connectivity index (χ0) is 11.8. The van der Waals surface area contributed by atoms with Crippen LogP contribution in [0.15, 0.2) is 18.2 Å². The van der Waals surface area contributed by atoms with Crippen LogP contribution in [0.1, 0.15) is 5.82 Å². The molecule has 0 unspecified atom stereocenters. The second-order valence-electron chi connectivity index (χ2n) is 4.34. The quantitative estimate of drug-likeness (QED) is 0.904. The van der Waals surface area contributed by atoms with Gasteiger partial charge in [0.15, 0.2) is 11.0 Å². The molecule has 0 bridgehead atoms. The number of imidazole rings is 1. The highest BCUT2D eigenvalue weighted by atomic mass is 35.5. The van der Waals surface area contributed by atoms with E-state index in [1.165, 1.54) is 0 Å². The van der Waals surface area contributed by atoms with Crippen LogP contribution in [-0.4, -0.2) is 29.6 Å². The number of nitrogens with zero attached hydrogens (tertiary/aromatic N) is 2. The highest BCUT2D eigenvalue weighted by Gasteiger charge is 2.21. The maximum atomic E-state index is 6.15. The van der Waals surface area contributed by atoms with E-state index < -0.39 is 0 Å². The molecule has 0 atom stereocenters. The molecule has 0 saturated carbocycles. The Morgan fingerprint density at radius 3 is 3.00 bits per heavy atom. The minimum atomic E-state index is 0.547. The van der Waals surface area contributed by atoms with Crippen molar-refractivity contribution in [3.8, 4) is 5.88 Å². The Bertz CT molecular complexity index is 548. The van der Waals surface area contributed by atoms with E-state index in [0.717, 1.165) is 36.7 Å². The summed E-state index contributed by atoms with van der Waals surface area (Å²) >= 11 is 6.15. The highest BCUT2D eigenvalue weighted by Crippen LogP contribution is 2.25. The average molecular weight is 252 g/mol. The number of hydrogen-bond donors (Lipinski definition) is 1. The molecule has 0 radical (unpaired) electrons. The van der Waals surface area contributed by atoms with Gasteiger partial charge in [-0.25, -0.2) is 4.98 Å². The van der Waals surface area contributed by atoms with Crippen LogP contribution in [0.2, 0.25) is 5.15 Å². The van der Waals surface area contributed by atoms with Crippen molar-refractivity contribution < 1.29 is 4.74 Å². The highest BCUT2D eigenvalue weighted by molar-refractivity contribution is 6.32. The maximum absolute atomic E-state index is 6.15. The van der Waals surface area contributed by atoms with Crippen LogP contribution in [0.3, 0.4) is 0 Å². The molecule has 4 nitrogen and oxygen atoms in total. The summed E-state index contributed by atoms with van der Waals surface area (Å²) in [6, 6.07) is 5.81. The Labute approximate surface area is 105 Å². The molecule has 5 heteroatoms. The van der Waals surface area contributed by atoms with Crippen molar-refractivity contribution in [1.29, 1.82) is 0 Å². The molecule has 0 aliphatic carbocycles. The van der Waals surface area contributed by atoms with Gasteiger partial charge in [-0.05, 0) is 31.1 Å².